The highest BCUT2D eigenvalue weighted by molar-refractivity contribution is 6.05. The van der Waals surface area contributed by atoms with Crippen LogP contribution < -0.4 is 10.6 Å². The largest absolute Gasteiger partial charge is 0.504 e. The fourth-order valence-electron chi connectivity index (χ4n) is 3.34. The summed E-state index contributed by atoms with van der Waals surface area (Å²) in [6, 6.07) is 20.3. The van der Waals surface area contributed by atoms with Crippen molar-refractivity contribution in [2.45, 2.75) is 6.54 Å². The summed E-state index contributed by atoms with van der Waals surface area (Å²) < 4.78 is 5.96. The van der Waals surface area contributed by atoms with E-state index in [1.165, 1.54) is 18.5 Å². The number of hydrogen-bond donors (Lipinski definition) is 4. The summed E-state index contributed by atoms with van der Waals surface area (Å²) in [6.07, 6.45) is 1.52. The quantitative estimate of drug-likeness (QED) is 0.304. The van der Waals surface area contributed by atoms with Crippen molar-refractivity contribution < 1.29 is 14.6 Å². The van der Waals surface area contributed by atoms with E-state index in [9.17, 15) is 10.2 Å². The minimum atomic E-state index is -0.136. The number of furan rings is 1. The number of benzene rings is 3. The minimum absolute atomic E-state index is 0.133. The molecule has 0 aliphatic rings. The molecule has 2 aromatic heterocycles. The van der Waals surface area contributed by atoms with Gasteiger partial charge in [0.05, 0.1) is 0 Å². The summed E-state index contributed by atoms with van der Waals surface area (Å²) in [6.45, 7) is 0.499. The van der Waals surface area contributed by atoms with Crippen molar-refractivity contribution in [2.75, 3.05) is 10.6 Å². The lowest BCUT2D eigenvalue weighted by atomic mass is 10.2. The van der Waals surface area contributed by atoms with Gasteiger partial charge in [-0.25, -0.2) is 9.97 Å². The Morgan fingerprint density at radius 1 is 0.833 bits per heavy atom. The second-order valence-electron chi connectivity index (χ2n) is 6.88. The van der Waals surface area contributed by atoms with Crippen molar-refractivity contribution in [1.29, 1.82) is 0 Å². The van der Waals surface area contributed by atoms with Gasteiger partial charge in [-0.05, 0) is 48.0 Å². The van der Waals surface area contributed by atoms with Crippen LogP contribution in [-0.4, -0.2) is 20.2 Å². The molecule has 0 aliphatic carbocycles. The van der Waals surface area contributed by atoms with E-state index in [1.54, 1.807) is 6.07 Å². The summed E-state index contributed by atoms with van der Waals surface area (Å²) in [5.74, 6) is 0.326. The number of phenols is 2. The zero-order valence-electron chi connectivity index (χ0n) is 15.8. The number of para-hydroxylation sites is 1. The van der Waals surface area contributed by atoms with Crippen molar-refractivity contribution in [3.8, 4) is 11.5 Å². The van der Waals surface area contributed by atoms with E-state index in [1.807, 2.05) is 48.5 Å². The molecule has 2 heterocycles. The Bertz CT molecular complexity index is 1360. The van der Waals surface area contributed by atoms with Crippen LogP contribution in [-0.2, 0) is 6.54 Å². The van der Waals surface area contributed by atoms with Gasteiger partial charge in [-0.3, -0.25) is 0 Å². The Hall–Kier alpha value is -4.26. The molecule has 0 bridgehead atoms. The van der Waals surface area contributed by atoms with Gasteiger partial charge < -0.3 is 25.3 Å². The third-order valence-electron chi connectivity index (χ3n) is 4.82. The smallest absolute Gasteiger partial charge is 0.196 e. The lowest BCUT2D eigenvalue weighted by molar-refractivity contribution is 0.403. The van der Waals surface area contributed by atoms with E-state index in [2.05, 4.69) is 20.6 Å². The average Bonchev–Trinajstić information content (AvgIpc) is 3.15. The first kappa shape index (κ1) is 17.8. The monoisotopic (exact) mass is 398 g/mol. The Kier molecular flexibility index (Phi) is 4.33. The van der Waals surface area contributed by atoms with E-state index < -0.39 is 0 Å². The van der Waals surface area contributed by atoms with Crippen LogP contribution in [0.3, 0.4) is 0 Å². The first-order chi connectivity index (χ1) is 14.7. The first-order valence-corrected chi connectivity index (χ1v) is 9.41. The minimum Gasteiger partial charge on any atom is -0.504 e. The van der Waals surface area contributed by atoms with Crippen molar-refractivity contribution in [2.24, 2.45) is 0 Å². The highest BCUT2D eigenvalue weighted by atomic mass is 16.3. The van der Waals surface area contributed by atoms with Gasteiger partial charge in [0.15, 0.2) is 22.9 Å². The topological polar surface area (TPSA) is 103 Å². The number of hydrogen-bond acceptors (Lipinski definition) is 7. The van der Waals surface area contributed by atoms with Crippen LogP contribution in [0.4, 0.5) is 17.2 Å². The first-order valence-electron chi connectivity index (χ1n) is 9.41. The van der Waals surface area contributed by atoms with Gasteiger partial charge in [0.1, 0.15) is 17.4 Å². The average molecular weight is 398 g/mol. The SMILES string of the molecule is Oc1ccc(CNc2cccc(Nc3ncnc4c3oc3ccccc34)c2)cc1O. The van der Waals surface area contributed by atoms with Crippen LogP contribution in [0.25, 0.3) is 22.1 Å². The van der Waals surface area contributed by atoms with Gasteiger partial charge in [0.25, 0.3) is 0 Å². The molecule has 30 heavy (non-hydrogen) atoms. The predicted molar refractivity (Wildman–Crippen MR) is 116 cm³/mol. The maximum absolute atomic E-state index is 9.64. The van der Waals surface area contributed by atoms with Gasteiger partial charge >= 0.3 is 0 Å². The molecule has 0 saturated heterocycles. The maximum atomic E-state index is 9.64. The summed E-state index contributed by atoms with van der Waals surface area (Å²) in [4.78, 5) is 8.72. The van der Waals surface area contributed by atoms with Crippen LogP contribution in [0.1, 0.15) is 5.56 Å². The van der Waals surface area contributed by atoms with Crippen LogP contribution >= 0.6 is 0 Å². The molecule has 0 spiro atoms. The number of fused-ring (bicyclic) bond motifs is 3. The van der Waals surface area contributed by atoms with Crippen LogP contribution in [0, 0.1) is 0 Å². The Morgan fingerprint density at radius 3 is 2.60 bits per heavy atom. The molecule has 0 aliphatic heterocycles. The van der Waals surface area contributed by atoms with Gasteiger partial charge in [-0.2, -0.15) is 0 Å². The molecule has 0 fully saturated rings. The second kappa shape index (κ2) is 7.29. The molecule has 7 heteroatoms. The van der Waals surface area contributed by atoms with Gasteiger partial charge in [-0.1, -0.05) is 24.3 Å². The molecule has 148 valence electrons. The number of phenolic OH excluding ortho intramolecular Hbond substituents is 2. The third-order valence-corrected chi connectivity index (χ3v) is 4.82. The van der Waals surface area contributed by atoms with Crippen LogP contribution in [0.15, 0.2) is 77.5 Å². The molecular formula is C23H18N4O3. The molecule has 3 aromatic carbocycles. The van der Waals surface area contributed by atoms with E-state index >= 15 is 0 Å². The van der Waals surface area contributed by atoms with E-state index in [0.29, 0.717) is 17.9 Å². The lowest BCUT2D eigenvalue weighted by Gasteiger charge is -2.10. The van der Waals surface area contributed by atoms with Crippen molar-refractivity contribution in [3.05, 3.63) is 78.6 Å². The standard InChI is InChI=1S/C23H18N4O3/c28-18-9-8-14(10-19(18)29)12-24-15-4-3-5-16(11-15)27-23-22-21(25-13-26-23)17-6-1-2-7-20(17)30-22/h1-11,13,24,28-29H,12H2,(H,25,26,27). The molecule has 0 unspecified atom stereocenters. The van der Waals surface area contributed by atoms with Crippen molar-refractivity contribution >= 4 is 39.3 Å². The molecule has 0 saturated carbocycles. The van der Waals surface area contributed by atoms with E-state index in [4.69, 9.17) is 4.42 Å². The molecule has 5 rings (SSSR count). The highest BCUT2D eigenvalue weighted by Gasteiger charge is 2.13. The Morgan fingerprint density at radius 2 is 1.70 bits per heavy atom. The molecule has 0 atom stereocenters. The normalized spacial score (nSPS) is 11.1. The fraction of sp³-hybridized carbons (Fsp3) is 0.0435. The third kappa shape index (κ3) is 3.33. The molecule has 7 nitrogen and oxygen atoms in total. The zero-order chi connectivity index (χ0) is 20.5. The lowest BCUT2D eigenvalue weighted by Crippen LogP contribution is -2.00. The number of aromatic hydroxyl groups is 2. The molecular weight excluding hydrogens is 380 g/mol. The zero-order valence-corrected chi connectivity index (χ0v) is 15.8. The van der Waals surface area contributed by atoms with Crippen molar-refractivity contribution in [1.82, 2.24) is 9.97 Å². The number of aromatic nitrogens is 2. The Labute approximate surface area is 171 Å². The van der Waals surface area contributed by atoms with Gasteiger partial charge in [0.2, 0.25) is 0 Å². The summed E-state index contributed by atoms with van der Waals surface area (Å²) in [7, 11) is 0. The van der Waals surface area contributed by atoms with E-state index in [-0.39, 0.29) is 11.5 Å². The summed E-state index contributed by atoms with van der Waals surface area (Å²) >= 11 is 0. The maximum Gasteiger partial charge on any atom is 0.196 e. The van der Waals surface area contributed by atoms with Crippen molar-refractivity contribution in [3.63, 3.8) is 0 Å². The van der Waals surface area contributed by atoms with E-state index in [0.717, 1.165) is 33.4 Å². The van der Waals surface area contributed by atoms with Gasteiger partial charge in [0, 0.05) is 23.3 Å². The predicted octanol–water partition coefficient (Wildman–Crippen LogP) is 5.14. The molecule has 0 amide bonds. The number of nitrogens with zero attached hydrogens (tertiary/aromatic N) is 2. The number of rotatable bonds is 5. The second-order valence-corrected chi connectivity index (χ2v) is 6.88. The van der Waals surface area contributed by atoms with Crippen LogP contribution in [0.5, 0.6) is 11.5 Å². The molecule has 0 radical (unpaired) electrons. The number of nitrogens with one attached hydrogen (secondary N) is 2. The molecule has 5 aromatic rings. The number of anilines is 3. The molecule has 4 N–H and O–H groups in total. The highest BCUT2D eigenvalue weighted by Crippen LogP contribution is 2.32. The van der Waals surface area contributed by atoms with Crippen LogP contribution in [0.2, 0.25) is 0 Å². The summed E-state index contributed by atoms with van der Waals surface area (Å²) in [5, 5.41) is 26.6. The Balaban J connectivity index is 1.39. The fourth-order valence-corrected chi connectivity index (χ4v) is 3.34. The van der Waals surface area contributed by atoms with Gasteiger partial charge in [-0.15, -0.1) is 0 Å². The summed E-state index contributed by atoms with van der Waals surface area (Å²) in [5.41, 5.74) is 4.73.